The Balaban J connectivity index is 0.00000512. The molecule has 0 spiro atoms. The number of hydrogen-bond acceptors (Lipinski definition) is 2. The second-order valence-corrected chi connectivity index (χ2v) is 10.1. The van der Waals surface area contributed by atoms with Crippen molar-refractivity contribution in [2.45, 2.75) is 65.3 Å². The van der Waals surface area contributed by atoms with Crippen molar-refractivity contribution in [2.75, 3.05) is 40.5 Å². The Morgan fingerprint density at radius 3 is 2.31 bits per heavy atom. The molecule has 0 N–H and O–H groups in total. The van der Waals surface area contributed by atoms with Gasteiger partial charge in [0.15, 0.2) is 0 Å². The first-order chi connectivity index (χ1) is 14.7. The quantitative estimate of drug-likeness (QED) is 0.316. The molecule has 0 bridgehead atoms. The van der Waals surface area contributed by atoms with Crippen molar-refractivity contribution in [3.63, 3.8) is 0 Å². The van der Waals surface area contributed by atoms with Crippen LogP contribution in [0.15, 0.2) is 48.5 Å². The van der Waals surface area contributed by atoms with Crippen LogP contribution in [0.25, 0.3) is 0 Å². The average molecular weight is 462 g/mol. The molecule has 0 radical (unpaired) electrons. The van der Waals surface area contributed by atoms with Crippen LogP contribution in [-0.4, -0.2) is 44.9 Å². The predicted octanol–water partition coefficient (Wildman–Crippen LogP) is 3.53. The molecule has 0 aliphatic heterocycles. The van der Waals surface area contributed by atoms with Crippen molar-refractivity contribution in [3.8, 4) is 5.75 Å². The van der Waals surface area contributed by atoms with Gasteiger partial charge in [-0.2, -0.15) is 0 Å². The average Bonchev–Trinajstić information content (AvgIpc) is 2.72. The van der Waals surface area contributed by atoms with E-state index in [4.69, 9.17) is 9.47 Å². The van der Waals surface area contributed by atoms with E-state index in [1.807, 2.05) is 0 Å². The molecule has 0 saturated heterocycles. The van der Waals surface area contributed by atoms with Gasteiger partial charge >= 0.3 is 0 Å². The molecule has 180 valence electrons. The minimum Gasteiger partial charge on any atom is -1.00 e. The summed E-state index contributed by atoms with van der Waals surface area (Å²) in [6.45, 7) is 13.0. The normalized spacial score (nSPS) is 11.8. The molecule has 0 unspecified atom stereocenters. The molecule has 0 saturated carbocycles. The van der Waals surface area contributed by atoms with Crippen LogP contribution >= 0.6 is 0 Å². The van der Waals surface area contributed by atoms with Crippen LogP contribution < -0.4 is 17.1 Å². The van der Waals surface area contributed by atoms with E-state index in [0.29, 0.717) is 13.2 Å². The smallest absolute Gasteiger partial charge is 0.122 e. The van der Waals surface area contributed by atoms with Crippen LogP contribution in [0.4, 0.5) is 0 Å². The Morgan fingerprint density at radius 1 is 0.906 bits per heavy atom. The number of hydrogen-bond donors (Lipinski definition) is 0. The van der Waals surface area contributed by atoms with Crippen molar-refractivity contribution in [1.29, 1.82) is 0 Å². The van der Waals surface area contributed by atoms with Gasteiger partial charge in [0.25, 0.3) is 0 Å². The highest BCUT2D eigenvalue weighted by Crippen LogP contribution is 2.32. The lowest BCUT2D eigenvalue weighted by molar-refractivity contribution is -0.904. The first-order valence-corrected chi connectivity index (χ1v) is 11.9. The number of unbranched alkanes of at least 4 members (excludes halogenated alkanes) is 2. The minimum atomic E-state index is 0. The zero-order valence-electron chi connectivity index (χ0n) is 21.1. The van der Waals surface area contributed by atoms with Gasteiger partial charge in [0, 0.05) is 5.56 Å². The summed E-state index contributed by atoms with van der Waals surface area (Å²) in [6, 6.07) is 17.3. The lowest BCUT2D eigenvalue weighted by Gasteiger charge is -2.29. The van der Waals surface area contributed by atoms with E-state index in [9.17, 15) is 0 Å². The molecular weight excluding hydrogens is 418 g/mol. The molecule has 2 rings (SSSR count). The molecule has 0 aromatic heterocycles. The van der Waals surface area contributed by atoms with Gasteiger partial charge in [0.05, 0.1) is 27.3 Å². The molecule has 0 aliphatic carbocycles. The first-order valence-electron chi connectivity index (χ1n) is 11.9. The van der Waals surface area contributed by atoms with Gasteiger partial charge in [-0.25, -0.2) is 0 Å². The standard InChI is InChI=1S/C28H44NO2.ClH/c1-7-8-12-17-28(3,4)26-16-15-24(2)27(22-26)31-21-20-30-19-18-29(5,6)23-25-13-10-9-11-14-25;/h9-11,13-16,22H,7-8,12,17-21,23H2,1-6H3;1H/q+1;/p-1. The van der Waals surface area contributed by atoms with E-state index in [2.05, 4.69) is 90.3 Å². The van der Waals surface area contributed by atoms with Gasteiger partial charge in [0.1, 0.15) is 25.4 Å². The molecule has 0 aliphatic rings. The van der Waals surface area contributed by atoms with Crippen LogP contribution in [0.2, 0.25) is 0 Å². The summed E-state index contributed by atoms with van der Waals surface area (Å²) in [4.78, 5) is 0. The molecule has 2 aromatic carbocycles. The summed E-state index contributed by atoms with van der Waals surface area (Å²) < 4.78 is 12.9. The van der Waals surface area contributed by atoms with Crippen LogP contribution in [-0.2, 0) is 16.7 Å². The topological polar surface area (TPSA) is 18.5 Å². The van der Waals surface area contributed by atoms with Crippen LogP contribution in [0.1, 0.15) is 63.1 Å². The summed E-state index contributed by atoms with van der Waals surface area (Å²) in [6.07, 6.45) is 5.06. The lowest BCUT2D eigenvalue weighted by Crippen LogP contribution is -3.00. The fourth-order valence-electron chi connectivity index (χ4n) is 3.92. The molecule has 0 heterocycles. The highest BCUT2D eigenvalue weighted by molar-refractivity contribution is 5.39. The Kier molecular flexibility index (Phi) is 12.3. The number of quaternary nitrogens is 1. The Hall–Kier alpha value is -1.55. The van der Waals surface area contributed by atoms with E-state index in [1.54, 1.807) is 0 Å². The monoisotopic (exact) mass is 461 g/mol. The van der Waals surface area contributed by atoms with Crippen LogP contribution in [0.5, 0.6) is 5.75 Å². The fraction of sp³-hybridized carbons (Fsp3) is 0.571. The van der Waals surface area contributed by atoms with E-state index >= 15 is 0 Å². The van der Waals surface area contributed by atoms with Gasteiger partial charge in [-0.1, -0.05) is 82.5 Å². The number of likely N-dealkylation sites (N-methyl/N-ethyl adjacent to an activating group) is 1. The highest BCUT2D eigenvalue weighted by atomic mass is 35.5. The Morgan fingerprint density at radius 2 is 1.62 bits per heavy atom. The molecular formula is C28H44ClNO2. The zero-order chi connectivity index (χ0) is 22.7. The third kappa shape index (κ3) is 9.94. The lowest BCUT2D eigenvalue weighted by atomic mass is 9.79. The number of aryl methyl sites for hydroxylation is 1. The van der Waals surface area contributed by atoms with Crippen molar-refractivity contribution in [3.05, 3.63) is 65.2 Å². The van der Waals surface area contributed by atoms with Crippen molar-refractivity contribution < 1.29 is 26.4 Å². The number of nitrogens with zero attached hydrogens (tertiary/aromatic N) is 1. The Bertz CT molecular complexity index is 774. The maximum atomic E-state index is 6.10. The van der Waals surface area contributed by atoms with E-state index in [1.165, 1.54) is 42.4 Å². The number of halogens is 1. The SMILES string of the molecule is CCCCCC(C)(C)c1ccc(C)c(OCCOCC[N+](C)(C)Cc2ccccc2)c1.[Cl-]. The van der Waals surface area contributed by atoms with Gasteiger partial charge < -0.3 is 26.4 Å². The maximum Gasteiger partial charge on any atom is 0.122 e. The fourth-order valence-corrected chi connectivity index (χ4v) is 3.92. The molecule has 2 aromatic rings. The third-order valence-corrected chi connectivity index (χ3v) is 6.15. The molecule has 0 atom stereocenters. The molecule has 0 fully saturated rings. The molecule has 32 heavy (non-hydrogen) atoms. The predicted molar refractivity (Wildman–Crippen MR) is 132 cm³/mol. The maximum absolute atomic E-state index is 6.10. The van der Waals surface area contributed by atoms with Gasteiger partial charge in [-0.15, -0.1) is 0 Å². The molecule has 3 nitrogen and oxygen atoms in total. The van der Waals surface area contributed by atoms with Gasteiger partial charge in [-0.05, 0) is 36.0 Å². The first kappa shape index (κ1) is 28.5. The molecule has 4 heteroatoms. The number of rotatable bonds is 14. The van der Waals surface area contributed by atoms with Crippen molar-refractivity contribution in [2.24, 2.45) is 0 Å². The van der Waals surface area contributed by atoms with Crippen molar-refractivity contribution in [1.82, 2.24) is 0 Å². The molecule has 0 amide bonds. The van der Waals surface area contributed by atoms with E-state index < -0.39 is 0 Å². The third-order valence-electron chi connectivity index (χ3n) is 6.15. The summed E-state index contributed by atoms with van der Waals surface area (Å²) >= 11 is 0. The van der Waals surface area contributed by atoms with Crippen LogP contribution in [0, 0.1) is 6.92 Å². The van der Waals surface area contributed by atoms with Crippen molar-refractivity contribution >= 4 is 0 Å². The number of ether oxygens (including phenoxy) is 2. The second kappa shape index (κ2) is 13.9. The second-order valence-electron chi connectivity index (χ2n) is 10.1. The summed E-state index contributed by atoms with van der Waals surface area (Å²) in [5.74, 6) is 0.991. The minimum absolute atomic E-state index is 0. The number of benzene rings is 2. The van der Waals surface area contributed by atoms with E-state index in [-0.39, 0.29) is 17.8 Å². The summed E-state index contributed by atoms with van der Waals surface area (Å²) in [5, 5.41) is 0. The van der Waals surface area contributed by atoms with Crippen LogP contribution in [0.3, 0.4) is 0 Å². The zero-order valence-corrected chi connectivity index (χ0v) is 21.9. The summed E-state index contributed by atoms with van der Waals surface area (Å²) in [7, 11) is 4.51. The van der Waals surface area contributed by atoms with Gasteiger partial charge in [0.2, 0.25) is 0 Å². The van der Waals surface area contributed by atoms with Gasteiger partial charge in [-0.3, -0.25) is 0 Å². The highest BCUT2D eigenvalue weighted by Gasteiger charge is 2.21. The largest absolute Gasteiger partial charge is 1.00 e. The van der Waals surface area contributed by atoms with E-state index in [0.717, 1.165) is 29.9 Å². The summed E-state index contributed by atoms with van der Waals surface area (Å²) in [5.41, 5.74) is 4.10. The Labute approximate surface area is 203 Å².